The number of benzene rings is 1. The van der Waals surface area contributed by atoms with E-state index in [9.17, 15) is 4.79 Å². The average molecular weight is 516 g/mol. The van der Waals surface area contributed by atoms with Gasteiger partial charge in [-0.3, -0.25) is 4.79 Å². The normalized spacial score (nSPS) is 10.6. The quantitative estimate of drug-likeness (QED) is 0.577. The summed E-state index contributed by atoms with van der Waals surface area (Å²) in [6.45, 7) is 0. The zero-order valence-electron chi connectivity index (χ0n) is 9.68. The van der Waals surface area contributed by atoms with E-state index in [1.807, 2.05) is 25.4 Å². The number of aromatic nitrogens is 1. The van der Waals surface area contributed by atoms with Crippen molar-refractivity contribution in [2.24, 2.45) is 7.05 Å². The van der Waals surface area contributed by atoms with E-state index in [1.165, 1.54) is 0 Å². The second kappa shape index (κ2) is 6.11. The first-order valence-electron chi connectivity index (χ1n) is 5.16. The van der Waals surface area contributed by atoms with Gasteiger partial charge in [-0.15, -0.1) is 0 Å². The van der Waals surface area contributed by atoms with Crippen molar-refractivity contribution in [3.63, 3.8) is 0 Å². The lowest BCUT2D eigenvalue weighted by atomic mass is 10.3. The molecule has 0 fully saturated rings. The smallest absolute Gasteiger partial charge is 0.272 e. The Morgan fingerprint density at radius 1 is 1.05 bits per heavy atom. The number of rotatable bonds is 2. The van der Waals surface area contributed by atoms with Crippen molar-refractivity contribution in [3.8, 4) is 0 Å². The van der Waals surface area contributed by atoms with E-state index >= 15 is 0 Å². The number of hydrogen-bond donors (Lipinski definition) is 1. The second-order valence-corrected chi connectivity index (χ2v) is 7.39. The van der Waals surface area contributed by atoms with E-state index in [4.69, 9.17) is 0 Å². The topological polar surface area (TPSA) is 34.0 Å². The zero-order chi connectivity index (χ0) is 14.2. The summed E-state index contributed by atoms with van der Waals surface area (Å²) in [5.41, 5.74) is 1.28. The predicted octanol–water partition coefficient (Wildman–Crippen LogP) is 5.33. The summed E-state index contributed by atoms with van der Waals surface area (Å²) in [7, 11) is 1.82. The molecule has 0 bridgehead atoms. The molecular weight excluding hydrogens is 508 g/mol. The van der Waals surface area contributed by atoms with Crippen molar-refractivity contribution in [3.05, 3.63) is 48.0 Å². The van der Waals surface area contributed by atoms with Crippen LogP contribution in [0.3, 0.4) is 0 Å². The Bertz CT molecular complexity index is 628. The standard InChI is InChI=1S/C12H8Br4N2O/c1-18-5-7(14)4-10(18)12(19)17-11-8(15)2-6(13)3-9(11)16/h2-5H,1H3,(H,17,19). The molecule has 1 amide bonds. The molecule has 0 unspecified atom stereocenters. The second-order valence-electron chi connectivity index (χ2n) is 3.85. The van der Waals surface area contributed by atoms with Gasteiger partial charge in [0.05, 0.1) is 5.69 Å². The van der Waals surface area contributed by atoms with Gasteiger partial charge in [0.25, 0.3) is 5.91 Å². The highest BCUT2D eigenvalue weighted by Crippen LogP contribution is 2.34. The van der Waals surface area contributed by atoms with Gasteiger partial charge in [0, 0.05) is 31.1 Å². The van der Waals surface area contributed by atoms with Crippen LogP contribution in [-0.4, -0.2) is 10.5 Å². The summed E-state index contributed by atoms with van der Waals surface area (Å²) >= 11 is 13.6. The first-order chi connectivity index (χ1) is 8.88. The fourth-order valence-electron chi connectivity index (χ4n) is 1.59. The van der Waals surface area contributed by atoms with Crippen molar-refractivity contribution in [2.75, 3.05) is 5.32 Å². The zero-order valence-corrected chi connectivity index (χ0v) is 16.0. The van der Waals surface area contributed by atoms with E-state index in [0.29, 0.717) is 11.4 Å². The molecule has 0 atom stereocenters. The van der Waals surface area contributed by atoms with Crippen molar-refractivity contribution < 1.29 is 4.79 Å². The maximum absolute atomic E-state index is 12.2. The summed E-state index contributed by atoms with van der Waals surface area (Å²) in [4.78, 5) is 12.2. The Morgan fingerprint density at radius 3 is 2.11 bits per heavy atom. The minimum atomic E-state index is -0.170. The lowest BCUT2D eigenvalue weighted by Gasteiger charge is -2.10. The van der Waals surface area contributed by atoms with Gasteiger partial charge < -0.3 is 9.88 Å². The molecule has 1 aromatic carbocycles. The lowest BCUT2D eigenvalue weighted by Crippen LogP contribution is -2.16. The van der Waals surface area contributed by atoms with Crippen LogP contribution in [0.4, 0.5) is 5.69 Å². The molecule has 1 aromatic heterocycles. The minimum Gasteiger partial charge on any atom is -0.345 e. The van der Waals surface area contributed by atoms with Crippen LogP contribution in [0.15, 0.2) is 42.3 Å². The van der Waals surface area contributed by atoms with Gasteiger partial charge >= 0.3 is 0 Å². The summed E-state index contributed by atoms with van der Waals surface area (Å²) in [6.07, 6.45) is 1.83. The van der Waals surface area contributed by atoms with Crippen molar-refractivity contribution in [1.29, 1.82) is 0 Å². The highest BCUT2D eigenvalue weighted by Gasteiger charge is 2.15. The first kappa shape index (κ1) is 15.3. The van der Waals surface area contributed by atoms with Crippen LogP contribution in [0.2, 0.25) is 0 Å². The van der Waals surface area contributed by atoms with E-state index < -0.39 is 0 Å². The molecule has 2 aromatic rings. The molecule has 0 aliphatic carbocycles. The van der Waals surface area contributed by atoms with E-state index in [-0.39, 0.29) is 5.91 Å². The number of anilines is 1. The Hall–Kier alpha value is -0.110. The highest BCUT2D eigenvalue weighted by molar-refractivity contribution is 9.11. The maximum Gasteiger partial charge on any atom is 0.272 e. The van der Waals surface area contributed by atoms with Crippen LogP contribution in [0, 0.1) is 0 Å². The van der Waals surface area contributed by atoms with Crippen LogP contribution in [-0.2, 0) is 7.05 Å². The number of aryl methyl sites for hydroxylation is 1. The SMILES string of the molecule is Cn1cc(Br)cc1C(=O)Nc1c(Br)cc(Br)cc1Br. The summed E-state index contributed by atoms with van der Waals surface area (Å²) in [5.74, 6) is -0.170. The average Bonchev–Trinajstić information content (AvgIpc) is 2.62. The largest absolute Gasteiger partial charge is 0.345 e. The van der Waals surface area contributed by atoms with Gasteiger partial charge in [-0.2, -0.15) is 0 Å². The van der Waals surface area contributed by atoms with Crippen LogP contribution in [0.1, 0.15) is 10.5 Å². The van der Waals surface area contributed by atoms with Crippen molar-refractivity contribution >= 4 is 75.3 Å². The molecule has 0 aliphatic heterocycles. The Labute approximate surface area is 144 Å². The fourth-order valence-corrected chi connectivity index (χ4v) is 4.57. The van der Waals surface area contributed by atoms with Crippen LogP contribution in [0.5, 0.6) is 0 Å². The molecule has 0 saturated carbocycles. The molecule has 100 valence electrons. The predicted molar refractivity (Wildman–Crippen MR) is 90.6 cm³/mol. The van der Waals surface area contributed by atoms with Gasteiger partial charge in [0.1, 0.15) is 5.69 Å². The van der Waals surface area contributed by atoms with Gasteiger partial charge in [0.15, 0.2) is 0 Å². The monoisotopic (exact) mass is 512 g/mol. The summed E-state index contributed by atoms with van der Waals surface area (Å²) in [5, 5.41) is 2.88. The molecule has 1 heterocycles. The molecule has 0 saturated heterocycles. The van der Waals surface area contributed by atoms with E-state index in [2.05, 4.69) is 69.0 Å². The maximum atomic E-state index is 12.2. The fraction of sp³-hybridized carbons (Fsp3) is 0.0833. The molecule has 0 aliphatic rings. The Morgan fingerprint density at radius 2 is 1.63 bits per heavy atom. The van der Waals surface area contributed by atoms with Crippen molar-refractivity contribution in [2.45, 2.75) is 0 Å². The van der Waals surface area contributed by atoms with Crippen LogP contribution >= 0.6 is 63.7 Å². The molecule has 19 heavy (non-hydrogen) atoms. The highest BCUT2D eigenvalue weighted by atomic mass is 79.9. The molecule has 2 rings (SSSR count). The van der Waals surface area contributed by atoms with E-state index in [0.717, 1.165) is 17.9 Å². The third-order valence-corrected chi connectivity index (χ3v) is 4.59. The number of carbonyl (C=O) groups excluding carboxylic acids is 1. The number of nitrogens with one attached hydrogen (secondary N) is 1. The minimum absolute atomic E-state index is 0.170. The van der Waals surface area contributed by atoms with Crippen molar-refractivity contribution in [1.82, 2.24) is 4.57 Å². The number of carbonyl (C=O) groups is 1. The number of halogens is 4. The van der Waals surface area contributed by atoms with Gasteiger partial charge in [0.2, 0.25) is 0 Å². The summed E-state index contributed by atoms with van der Waals surface area (Å²) < 4.78 is 5.16. The van der Waals surface area contributed by atoms with Gasteiger partial charge in [-0.1, -0.05) is 15.9 Å². The van der Waals surface area contributed by atoms with Gasteiger partial charge in [-0.05, 0) is 66.0 Å². The molecule has 7 heteroatoms. The molecule has 0 radical (unpaired) electrons. The number of nitrogens with zero attached hydrogens (tertiary/aromatic N) is 1. The lowest BCUT2D eigenvalue weighted by molar-refractivity contribution is 0.101. The van der Waals surface area contributed by atoms with E-state index in [1.54, 1.807) is 10.6 Å². The molecule has 1 N–H and O–H groups in total. The molecule has 0 spiro atoms. The van der Waals surface area contributed by atoms with Crippen LogP contribution in [0.25, 0.3) is 0 Å². The Balaban J connectivity index is 2.32. The third kappa shape index (κ3) is 3.51. The molecular formula is C12H8Br4N2O. The van der Waals surface area contributed by atoms with Crippen LogP contribution < -0.4 is 5.32 Å². The number of amides is 1. The molecule has 3 nitrogen and oxygen atoms in total. The number of hydrogen-bond acceptors (Lipinski definition) is 1. The van der Waals surface area contributed by atoms with Gasteiger partial charge in [-0.25, -0.2) is 0 Å². The first-order valence-corrected chi connectivity index (χ1v) is 8.33. The Kier molecular flexibility index (Phi) is 4.92. The summed E-state index contributed by atoms with van der Waals surface area (Å²) in [6, 6.07) is 5.53. The third-order valence-electron chi connectivity index (χ3n) is 2.45.